The maximum absolute atomic E-state index is 11.2. The lowest BCUT2D eigenvalue weighted by Crippen LogP contribution is -2.17. The summed E-state index contributed by atoms with van der Waals surface area (Å²) in [6.45, 7) is 0. The fourth-order valence-electron chi connectivity index (χ4n) is 1.21. The smallest absolute Gasteiger partial charge is 0.273 e. The highest BCUT2D eigenvalue weighted by molar-refractivity contribution is 9.10. The molecule has 86 valence electrons. The van der Waals surface area contributed by atoms with Crippen molar-refractivity contribution in [1.29, 1.82) is 0 Å². The van der Waals surface area contributed by atoms with E-state index in [1.165, 1.54) is 15.9 Å². The molecule has 2 heterocycles. The Hall–Kier alpha value is -0.770. The molecule has 2 rings (SSSR count). The van der Waals surface area contributed by atoms with Crippen LogP contribution in [0.2, 0.25) is 0 Å². The molecule has 16 heavy (non-hydrogen) atoms. The molecule has 0 aliphatic heterocycles. The molecule has 0 radical (unpaired) electrons. The molecule has 0 unspecified atom stereocenters. The van der Waals surface area contributed by atoms with Crippen LogP contribution in [0.25, 0.3) is 10.7 Å². The predicted octanol–water partition coefficient (Wildman–Crippen LogP) is 0.953. The minimum absolute atomic E-state index is 0.247. The molecular weight excluding hydrogens is 316 g/mol. The molecule has 0 atom stereocenters. The summed E-state index contributed by atoms with van der Waals surface area (Å²) in [6.07, 6.45) is 0. The van der Waals surface area contributed by atoms with Crippen molar-refractivity contribution in [1.82, 2.24) is 14.8 Å². The van der Waals surface area contributed by atoms with Crippen molar-refractivity contribution in [3.8, 4) is 10.7 Å². The minimum atomic E-state index is -3.84. The normalized spacial score (nSPS) is 11.9. The average molecular weight is 323 g/mol. The van der Waals surface area contributed by atoms with Gasteiger partial charge in [-0.15, -0.1) is 21.5 Å². The van der Waals surface area contributed by atoms with E-state index in [1.54, 1.807) is 7.05 Å². The first-order valence-corrected chi connectivity index (χ1v) is 7.28. The molecule has 0 spiro atoms. The highest BCUT2D eigenvalue weighted by atomic mass is 79.9. The monoisotopic (exact) mass is 322 g/mol. The first-order valence-electron chi connectivity index (χ1n) is 4.07. The van der Waals surface area contributed by atoms with E-state index in [1.807, 2.05) is 11.4 Å². The van der Waals surface area contributed by atoms with Crippen molar-refractivity contribution < 1.29 is 8.42 Å². The van der Waals surface area contributed by atoms with E-state index >= 15 is 0 Å². The molecule has 2 aromatic heterocycles. The molecule has 0 saturated heterocycles. The molecule has 0 amide bonds. The number of hydrogen-bond acceptors (Lipinski definition) is 5. The second kappa shape index (κ2) is 3.91. The topological polar surface area (TPSA) is 90.9 Å². The van der Waals surface area contributed by atoms with Gasteiger partial charge in [0.05, 0.1) is 4.88 Å². The number of aromatic nitrogens is 3. The summed E-state index contributed by atoms with van der Waals surface area (Å²) in [6, 6.07) is 1.85. The Labute approximate surface area is 104 Å². The fourth-order valence-corrected chi connectivity index (χ4v) is 3.41. The lowest BCUT2D eigenvalue weighted by molar-refractivity contribution is 0.580. The van der Waals surface area contributed by atoms with Gasteiger partial charge in [0.25, 0.3) is 15.2 Å². The van der Waals surface area contributed by atoms with Gasteiger partial charge < -0.3 is 0 Å². The number of rotatable bonds is 2. The predicted molar refractivity (Wildman–Crippen MR) is 63.4 cm³/mol. The maximum atomic E-state index is 11.2. The van der Waals surface area contributed by atoms with Crippen molar-refractivity contribution in [2.24, 2.45) is 12.2 Å². The van der Waals surface area contributed by atoms with Crippen molar-refractivity contribution in [3.63, 3.8) is 0 Å². The number of hydrogen-bond donors (Lipinski definition) is 1. The lowest BCUT2D eigenvalue weighted by atomic mass is 10.4. The number of nitrogens with two attached hydrogens (primary N) is 1. The molecule has 2 N–H and O–H groups in total. The first-order chi connectivity index (χ1) is 7.41. The number of primary sulfonamides is 1. The zero-order valence-electron chi connectivity index (χ0n) is 8.08. The van der Waals surface area contributed by atoms with Crippen LogP contribution in [0, 0.1) is 0 Å². The second-order valence-electron chi connectivity index (χ2n) is 3.01. The number of nitrogens with zero attached hydrogens (tertiary/aromatic N) is 3. The van der Waals surface area contributed by atoms with Gasteiger partial charge in [-0.05, 0) is 27.4 Å². The molecule has 0 aliphatic rings. The van der Waals surface area contributed by atoms with E-state index in [2.05, 4.69) is 26.1 Å². The minimum Gasteiger partial charge on any atom is -0.299 e. The van der Waals surface area contributed by atoms with Crippen LogP contribution in [0.15, 0.2) is 21.1 Å². The molecule has 0 fully saturated rings. The molecule has 2 aromatic rings. The maximum Gasteiger partial charge on any atom is 0.273 e. The summed E-state index contributed by atoms with van der Waals surface area (Å²) in [7, 11) is -2.28. The molecular formula is C7H7BrN4O2S2. The summed E-state index contributed by atoms with van der Waals surface area (Å²) in [5.41, 5.74) is 0. The van der Waals surface area contributed by atoms with Crippen molar-refractivity contribution in [3.05, 3.63) is 15.9 Å². The van der Waals surface area contributed by atoms with Crippen LogP contribution in [0.4, 0.5) is 0 Å². The van der Waals surface area contributed by atoms with Crippen LogP contribution >= 0.6 is 27.3 Å². The highest BCUT2D eigenvalue weighted by Crippen LogP contribution is 2.32. The van der Waals surface area contributed by atoms with Crippen LogP contribution < -0.4 is 5.14 Å². The molecule has 6 nitrogen and oxygen atoms in total. The SMILES string of the molecule is Cn1c(-c2sccc2Br)nnc1S(N)(=O)=O. The van der Waals surface area contributed by atoms with Gasteiger partial charge in [0.1, 0.15) is 0 Å². The standard InChI is InChI=1S/C7H7BrN4O2S2/c1-12-6(5-4(8)2-3-15-5)10-11-7(12)16(9,13)14/h2-3H,1H3,(H2,9,13,14). The van der Waals surface area contributed by atoms with E-state index in [-0.39, 0.29) is 5.16 Å². The van der Waals surface area contributed by atoms with Crippen molar-refractivity contribution >= 4 is 37.3 Å². The number of sulfonamides is 1. The van der Waals surface area contributed by atoms with Gasteiger partial charge in [-0.25, -0.2) is 13.6 Å². The van der Waals surface area contributed by atoms with Crippen molar-refractivity contribution in [2.45, 2.75) is 5.16 Å². The van der Waals surface area contributed by atoms with Crippen LogP contribution in [0.3, 0.4) is 0 Å². The quantitative estimate of drug-likeness (QED) is 0.891. The summed E-state index contributed by atoms with van der Waals surface area (Å²) in [4.78, 5) is 0.810. The van der Waals surface area contributed by atoms with Crippen LogP contribution in [0.5, 0.6) is 0 Å². The first kappa shape index (κ1) is 11.7. The lowest BCUT2D eigenvalue weighted by Gasteiger charge is -2.00. The molecule has 0 aromatic carbocycles. The van der Waals surface area contributed by atoms with Gasteiger partial charge in [-0.3, -0.25) is 4.57 Å². The Morgan fingerprint density at radius 1 is 1.50 bits per heavy atom. The Morgan fingerprint density at radius 2 is 2.19 bits per heavy atom. The van der Waals surface area contributed by atoms with Gasteiger partial charge in [-0.1, -0.05) is 0 Å². The molecule has 0 saturated carbocycles. The Morgan fingerprint density at radius 3 is 2.62 bits per heavy atom. The third-order valence-electron chi connectivity index (χ3n) is 1.91. The summed E-state index contributed by atoms with van der Waals surface area (Å²) in [5.74, 6) is 0.464. The highest BCUT2D eigenvalue weighted by Gasteiger charge is 2.21. The zero-order valence-corrected chi connectivity index (χ0v) is 11.3. The van der Waals surface area contributed by atoms with E-state index < -0.39 is 10.0 Å². The number of halogens is 1. The third kappa shape index (κ3) is 1.90. The average Bonchev–Trinajstić information content (AvgIpc) is 2.70. The Balaban J connectivity index is 2.63. The molecule has 0 bridgehead atoms. The van der Waals surface area contributed by atoms with E-state index in [0.717, 1.165) is 9.35 Å². The van der Waals surface area contributed by atoms with Crippen LogP contribution in [-0.4, -0.2) is 23.2 Å². The zero-order chi connectivity index (χ0) is 11.9. The van der Waals surface area contributed by atoms with Gasteiger partial charge in [0.15, 0.2) is 5.82 Å². The van der Waals surface area contributed by atoms with Gasteiger partial charge >= 0.3 is 0 Å². The van der Waals surface area contributed by atoms with E-state index in [9.17, 15) is 8.42 Å². The van der Waals surface area contributed by atoms with Gasteiger partial charge in [0.2, 0.25) is 0 Å². The third-order valence-corrected chi connectivity index (χ3v) is 4.61. The summed E-state index contributed by atoms with van der Waals surface area (Å²) >= 11 is 4.78. The van der Waals surface area contributed by atoms with E-state index in [0.29, 0.717) is 5.82 Å². The van der Waals surface area contributed by atoms with Crippen molar-refractivity contribution in [2.75, 3.05) is 0 Å². The second-order valence-corrected chi connectivity index (χ2v) is 6.23. The van der Waals surface area contributed by atoms with E-state index in [4.69, 9.17) is 5.14 Å². The number of thiophene rings is 1. The van der Waals surface area contributed by atoms with Gasteiger partial charge in [-0.2, -0.15) is 0 Å². The fraction of sp³-hybridized carbons (Fsp3) is 0.143. The van der Waals surface area contributed by atoms with Crippen LogP contribution in [0.1, 0.15) is 0 Å². The Kier molecular flexibility index (Phi) is 2.86. The summed E-state index contributed by atoms with van der Waals surface area (Å²) in [5, 5.41) is 14.0. The Bertz CT molecular complexity index is 631. The largest absolute Gasteiger partial charge is 0.299 e. The summed E-state index contributed by atoms with van der Waals surface area (Å²) < 4.78 is 24.5. The molecule has 0 aliphatic carbocycles. The van der Waals surface area contributed by atoms with Gasteiger partial charge in [0, 0.05) is 11.5 Å². The van der Waals surface area contributed by atoms with Crippen LogP contribution in [-0.2, 0) is 17.1 Å². The molecule has 9 heteroatoms.